The summed E-state index contributed by atoms with van der Waals surface area (Å²) >= 11 is 0. The molecule has 0 saturated carbocycles. The number of nitrogens with zero attached hydrogens (tertiary/aromatic N) is 1. The molecule has 0 atom stereocenters. The Kier molecular flexibility index (Phi) is 5.74. The van der Waals surface area contributed by atoms with Crippen molar-refractivity contribution in [2.24, 2.45) is 0 Å². The number of fused-ring (bicyclic) bond motifs is 3. The van der Waals surface area contributed by atoms with Crippen LogP contribution in [0.25, 0.3) is 21.8 Å². The first-order chi connectivity index (χ1) is 14.2. The van der Waals surface area contributed by atoms with Gasteiger partial charge in [0.2, 0.25) is 0 Å². The molecular formula is C25H25NO3. The topological polar surface area (TPSA) is 40.5 Å². The first-order valence-electron chi connectivity index (χ1n) is 9.88. The molecule has 29 heavy (non-hydrogen) atoms. The summed E-state index contributed by atoms with van der Waals surface area (Å²) in [6.07, 6.45) is 0. The van der Waals surface area contributed by atoms with Crippen molar-refractivity contribution in [1.29, 1.82) is 0 Å². The van der Waals surface area contributed by atoms with Crippen molar-refractivity contribution in [1.82, 2.24) is 4.57 Å². The summed E-state index contributed by atoms with van der Waals surface area (Å²) in [6.45, 7) is 4.63. The Morgan fingerprint density at radius 1 is 0.828 bits per heavy atom. The standard InChI is InChI=1S/C25H25NO3/c1-18-8-10-23-21(16-18)22-17-20(25(27)19-6-4-3-5-7-19)9-11-24(22)26(23)12-13-29-15-14-28-2/h3-11,16-17H,12-15H2,1-2H3. The van der Waals surface area contributed by atoms with Crippen LogP contribution in [0.2, 0.25) is 0 Å². The van der Waals surface area contributed by atoms with Gasteiger partial charge >= 0.3 is 0 Å². The SMILES string of the molecule is COCCOCCn1c2ccc(C)cc2c2cc(C(=O)c3ccccc3)ccc21. The van der Waals surface area contributed by atoms with Gasteiger partial charge in [0, 0.05) is 46.6 Å². The summed E-state index contributed by atoms with van der Waals surface area (Å²) < 4.78 is 13.0. The number of hydrogen-bond acceptors (Lipinski definition) is 3. The fourth-order valence-corrected chi connectivity index (χ4v) is 3.76. The quantitative estimate of drug-likeness (QED) is 0.316. The molecule has 1 heterocycles. The molecule has 0 fully saturated rings. The van der Waals surface area contributed by atoms with E-state index in [9.17, 15) is 4.79 Å². The van der Waals surface area contributed by atoms with E-state index in [4.69, 9.17) is 9.47 Å². The number of benzene rings is 3. The van der Waals surface area contributed by atoms with Crippen molar-refractivity contribution < 1.29 is 14.3 Å². The van der Waals surface area contributed by atoms with Crippen LogP contribution in [0, 0.1) is 6.92 Å². The van der Waals surface area contributed by atoms with Crippen molar-refractivity contribution in [3.05, 3.63) is 83.4 Å². The third-order valence-corrected chi connectivity index (χ3v) is 5.21. The highest BCUT2D eigenvalue weighted by atomic mass is 16.5. The largest absolute Gasteiger partial charge is 0.382 e. The Hall–Kier alpha value is -2.95. The lowest BCUT2D eigenvalue weighted by Crippen LogP contribution is -2.09. The lowest BCUT2D eigenvalue weighted by Gasteiger charge is -2.09. The van der Waals surface area contributed by atoms with Gasteiger partial charge in [0.25, 0.3) is 0 Å². The molecule has 0 aliphatic carbocycles. The summed E-state index contributed by atoms with van der Waals surface area (Å²) in [5.74, 6) is 0.0453. The van der Waals surface area contributed by atoms with Crippen LogP contribution >= 0.6 is 0 Å². The monoisotopic (exact) mass is 387 g/mol. The summed E-state index contributed by atoms with van der Waals surface area (Å²) in [5, 5.41) is 2.27. The van der Waals surface area contributed by atoms with Crippen LogP contribution in [-0.2, 0) is 16.0 Å². The molecule has 0 amide bonds. The van der Waals surface area contributed by atoms with Crippen LogP contribution in [0.1, 0.15) is 21.5 Å². The van der Waals surface area contributed by atoms with Gasteiger partial charge in [0.05, 0.1) is 19.8 Å². The maximum atomic E-state index is 12.9. The first kappa shape index (κ1) is 19.4. The summed E-state index contributed by atoms with van der Waals surface area (Å²) in [7, 11) is 1.67. The highest BCUT2D eigenvalue weighted by Gasteiger charge is 2.15. The van der Waals surface area contributed by atoms with E-state index >= 15 is 0 Å². The Morgan fingerprint density at radius 3 is 2.31 bits per heavy atom. The predicted octanol–water partition coefficient (Wildman–Crippen LogP) is 5.00. The average Bonchev–Trinajstić information content (AvgIpc) is 3.06. The zero-order valence-corrected chi connectivity index (χ0v) is 16.9. The maximum absolute atomic E-state index is 12.9. The molecule has 0 radical (unpaired) electrons. The summed E-state index contributed by atoms with van der Waals surface area (Å²) in [4.78, 5) is 12.9. The highest BCUT2D eigenvalue weighted by molar-refractivity contribution is 6.14. The molecule has 148 valence electrons. The Morgan fingerprint density at radius 2 is 1.55 bits per heavy atom. The molecule has 1 aromatic heterocycles. The van der Waals surface area contributed by atoms with Crippen LogP contribution in [0.15, 0.2) is 66.7 Å². The minimum Gasteiger partial charge on any atom is -0.382 e. The molecule has 0 saturated heterocycles. The number of ketones is 1. The molecular weight excluding hydrogens is 362 g/mol. The molecule has 4 rings (SSSR count). The maximum Gasteiger partial charge on any atom is 0.193 e. The number of aryl methyl sites for hydroxylation is 1. The molecule has 0 N–H and O–H groups in total. The third kappa shape index (κ3) is 3.95. The average molecular weight is 387 g/mol. The highest BCUT2D eigenvalue weighted by Crippen LogP contribution is 2.31. The van der Waals surface area contributed by atoms with Crippen LogP contribution < -0.4 is 0 Å². The number of ether oxygens (including phenoxy) is 2. The van der Waals surface area contributed by atoms with Gasteiger partial charge in [0.15, 0.2) is 5.78 Å². The predicted molar refractivity (Wildman–Crippen MR) is 117 cm³/mol. The van der Waals surface area contributed by atoms with Gasteiger partial charge < -0.3 is 14.0 Å². The van der Waals surface area contributed by atoms with E-state index < -0.39 is 0 Å². The van der Waals surface area contributed by atoms with E-state index in [2.05, 4.69) is 35.8 Å². The van der Waals surface area contributed by atoms with E-state index in [1.807, 2.05) is 42.5 Å². The molecule has 0 aliphatic heterocycles. The number of rotatable bonds is 8. The van der Waals surface area contributed by atoms with Crippen LogP contribution in [0.5, 0.6) is 0 Å². The van der Waals surface area contributed by atoms with Crippen molar-refractivity contribution >= 4 is 27.6 Å². The van der Waals surface area contributed by atoms with Gasteiger partial charge in [-0.1, -0.05) is 42.0 Å². The van der Waals surface area contributed by atoms with Gasteiger partial charge in [-0.05, 0) is 37.3 Å². The van der Waals surface area contributed by atoms with Crippen LogP contribution in [-0.4, -0.2) is 37.3 Å². The number of methoxy groups -OCH3 is 1. The molecule has 0 spiro atoms. The second-order valence-electron chi connectivity index (χ2n) is 7.20. The number of carbonyl (C=O) groups excluding carboxylic acids is 1. The van der Waals surface area contributed by atoms with Gasteiger partial charge in [-0.2, -0.15) is 0 Å². The van der Waals surface area contributed by atoms with E-state index in [0.717, 1.165) is 23.0 Å². The van der Waals surface area contributed by atoms with Crippen molar-refractivity contribution in [3.63, 3.8) is 0 Å². The van der Waals surface area contributed by atoms with E-state index in [1.54, 1.807) is 7.11 Å². The second kappa shape index (κ2) is 8.60. The molecule has 4 nitrogen and oxygen atoms in total. The Balaban J connectivity index is 1.75. The minimum absolute atomic E-state index is 0.0453. The molecule has 4 heteroatoms. The van der Waals surface area contributed by atoms with E-state index in [0.29, 0.717) is 30.9 Å². The number of hydrogen-bond donors (Lipinski definition) is 0. The molecule has 3 aromatic carbocycles. The molecule has 0 bridgehead atoms. The molecule has 0 aliphatic rings. The number of carbonyl (C=O) groups is 1. The number of aromatic nitrogens is 1. The van der Waals surface area contributed by atoms with E-state index in [-0.39, 0.29) is 5.78 Å². The van der Waals surface area contributed by atoms with Gasteiger partial charge in [-0.3, -0.25) is 4.79 Å². The summed E-state index contributed by atoms with van der Waals surface area (Å²) in [5.41, 5.74) is 4.89. The normalized spacial score (nSPS) is 11.4. The Labute approximate surface area is 170 Å². The lowest BCUT2D eigenvalue weighted by molar-refractivity contribution is 0.0673. The van der Waals surface area contributed by atoms with Crippen molar-refractivity contribution in [2.75, 3.05) is 26.9 Å². The minimum atomic E-state index is 0.0453. The molecule has 0 unspecified atom stereocenters. The fourth-order valence-electron chi connectivity index (χ4n) is 3.76. The summed E-state index contributed by atoms with van der Waals surface area (Å²) in [6, 6.07) is 21.9. The second-order valence-corrected chi connectivity index (χ2v) is 7.20. The van der Waals surface area contributed by atoms with Crippen molar-refractivity contribution in [2.45, 2.75) is 13.5 Å². The van der Waals surface area contributed by atoms with Crippen LogP contribution in [0.4, 0.5) is 0 Å². The van der Waals surface area contributed by atoms with Gasteiger partial charge in [-0.25, -0.2) is 0 Å². The van der Waals surface area contributed by atoms with Gasteiger partial charge in [-0.15, -0.1) is 0 Å². The van der Waals surface area contributed by atoms with E-state index in [1.165, 1.54) is 10.9 Å². The van der Waals surface area contributed by atoms with Gasteiger partial charge in [0.1, 0.15) is 0 Å². The van der Waals surface area contributed by atoms with Crippen molar-refractivity contribution in [3.8, 4) is 0 Å². The zero-order valence-electron chi connectivity index (χ0n) is 16.9. The lowest BCUT2D eigenvalue weighted by atomic mass is 10.0. The van der Waals surface area contributed by atoms with Crippen LogP contribution in [0.3, 0.4) is 0 Å². The Bertz CT molecular complexity index is 1150. The third-order valence-electron chi connectivity index (χ3n) is 5.21. The zero-order chi connectivity index (χ0) is 20.2. The fraction of sp³-hybridized carbons (Fsp3) is 0.240. The smallest absolute Gasteiger partial charge is 0.193 e. The first-order valence-corrected chi connectivity index (χ1v) is 9.88. The molecule has 4 aromatic rings.